The first-order valence-electron chi connectivity index (χ1n) is 9.04. The van der Waals surface area contributed by atoms with Crippen LogP contribution in [0.2, 0.25) is 0 Å². The van der Waals surface area contributed by atoms with Gasteiger partial charge in [-0.3, -0.25) is 9.59 Å². The standard InChI is InChI=1S/C20H26BrNO5/c1-4-7-12-27-15-10-8-14(9-11-15)19(24)16(21)13-18(23)22-17(5-2)20(25)26-6-3/h8-11,13,17H,4-7,12H2,1-3H3,(H,22,23). The van der Waals surface area contributed by atoms with Gasteiger partial charge in [-0.25, -0.2) is 4.79 Å². The lowest BCUT2D eigenvalue weighted by atomic mass is 10.1. The van der Waals surface area contributed by atoms with Crippen LogP contribution >= 0.6 is 15.9 Å². The summed E-state index contributed by atoms with van der Waals surface area (Å²) in [5.74, 6) is -0.690. The maximum Gasteiger partial charge on any atom is 0.328 e. The van der Waals surface area contributed by atoms with Crippen LogP contribution in [0, 0.1) is 0 Å². The van der Waals surface area contributed by atoms with Crippen LogP contribution in [0.25, 0.3) is 0 Å². The second kappa shape index (κ2) is 12.3. The van der Waals surface area contributed by atoms with Crippen molar-refractivity contribution >= 4 is 33.6 Å². The van der Waals surface area contributed by atoms with E-state index < -0.39 is 17.9 Å². The Morgan fingerprint density at radius 2 is 1.81 bits per heavy atom. The molecule has 148 valence electrons. The molecule has 1 amide bonds. The Bertz CT molecular complexity index is 669. The van der Waals surface area contributed by atoms with Gasteiger partial charge in [0.25, 0.3) is 0 Å². The summed E-state index contributed by atoms with van der Waals surface area (Å²) in [7, 11) is 0. The van der Waals surface area contributed by atoms with Gasteiger partial charge in [0.05, 0.1) is 17.7 Å². The number of ether oxygens (including phenoxy) is 2. The van der Waals surface area contributed by atoms with Gasteiger partial charge in [-0.1, -0.05) is 20.3 Å². The van der Waals surface area contributed by atoms with Crippen molar-refractivity contribution in [3.63, 3.8) is 0 Å². The number of carbonyl (C=O) groups is 3. The van der Waals surface area contributed by atoms with Crippen molar-refractivity contribution in [3.8, 4) is 5.75 Å². The first-order valence-corrected chi connectivity index (χ1v) is 9.84. The lowest BCUT2D eigenvalue weighted by Crippen LogP contribution is -2.40. The van der Waals surface area contributed by atoms with E-state index in [-0.39, 0.29) is 16.9 Å². The second-order valence-corrected chi connectivity index (χ2v) is 6.62. The van der Waals surface area contributed by atoms with Crippen LogP contribution in [0.3, 0.4) is 0 Å². The SMILES string of the molecule is CCCCOc1ccc(C(=O)C(Br)=CC(=O)NC(CC)C(=O)OCC)cc1. The van der Waals surface area contributed by atoms with Crippen molar-refractivity contribution in [1.82, 2.24) is 5.32 Å². The summed E-state index contributed by atoms with van der Waals surface area (Å²) in [5, 5.41) is 2.53. The predicted octanol–water partition coefficient (Wildman–Crippen LogP) is 3.78. The van der Waals surface area contributed by atoms with Crippen molar-refractivity contribution < 1.29 is 23.9 Å². The number of hydrogen-bond acceptors (Lipinski definition) is 5. The minimum atomic E-state index is -0.747. The number of benzene rings is 1. The van der Waals surface area contributed by atoms with Crippen molar-refractivity contribution in [2.45, 2.75) is 46.1 Å². The Labute approximate surface area is 168 Å². The number of halogens is 1. The molecule has 1 atom stereocenters. The second-order valence-electron chi connectivity index (χ2n) is 5.77. The van der Waals surface area contributed by atoms with Gasteiger partial charge in [0.15, 0.2) is 5.78 Å². The number of unbranched alkanes of at least 4 members (excludes halogenated alkanes) is 1. The third-order valence-electron chi connectivity index (χ3n) is 3.65. The van der Waals surface area contributed by atoms with Gasteiger partial charge in [0, 0.05) is 11.6 Å². The Balaban J connectivity index is 2.70. The summed E-state index contributed by atoms with van der Waals surface area (Å²) in [6, 6.07) is 5.98. The maximum absolute atomic E-state index is 12.4. The van der Waals surface area contributed by atoms with E-state index in [0.29, 0.717) is 24.3 Å². The largest absolute Gasteiger partial charge is 0.494 e. The molecule has 7 heteroatoms. The summed E-state index contributed by atoms with van der Waals surface area (Å²) >= 11 is 3.13. The summed E-state index contributed by atoms with van der Waals surface area (Å²) in [4.78, 5) is 36.2. The lowest BCUT2D eigenvalue weighted by Gasteiger charge is -2.14. The smallest absolute Gasteiger partial charge is 0.328 e. The monoisotopic (exact) mass is 439 g/mol. The number of Topliss-reactive ketones (excluding diaryl/α,β-unsaturated/α-hetero) is 1. The van der Waals surface area contributed by atoms with Gasteiger partial charge < -0.3 is 14.8 Å². The molecule has 1 rings (SSSR count). The number of hydrogen-bond donors (Lipinski definition) is 1. The average molecular weight is 440 g/mol. The Morgan fingerprint density at radius 1 is 1.15 bits per heavy atom. The van der Waals surface area contributed by atoms with Crippen LogP contribution in [0.15, 0.2) is 34.8 Å². The fraction of sp³-hybridized carbons (Fsp3) is 0.450. The van der Waals surface area contributed by atoms with Gasteiger partial charge in [0.2, 0.25) is 5.91 Å². The van der Waals surface area contributed by atoms with E-state index in [2.05, 4.69) is 28.2 Å². The van der Waals surface area contributed by atoms with Crippen molar-refractivity contribution in [1.29, 1.82) is 0 Å². The highest BCUT2D eigenvalue weighted by Gasteiger charge is 2.20. The molecule has 0 aromatic heterocycles. The Kier molecular flexibility index (Phi) is 10.4. The molecule has 0 radical (unpaired) electrons. The predicted molar refractivity (Wildman–Crippen MR) is 107 cm³/mol. The molecule has 0 fully saturated rings. The van der Waals surface area contributed by atoms with E-state index in [0.717, 1.165) is 18.9 Å². The molecule has 0 aliphatic carbocycles. The molecule has 0 bridgehead atoms. The summed E-state index contributed by atoms with van der Waals surface area (Å²) < 4.78 is 10.6. The third-order valence-corrected chi connectivity index (χ3v) is 4.24. The summed E-state index contributed by atoms with van der Waals surface area (Å²) in [6.07, 6.45) is 3.53. The first kappa shape index (κ1) is 22.9. The zero-order valence-corrected chi connectivity index (χ0v) is 17.5. The van der Waals surface area contributed by atoms with E-state index in [9.17, 15) is 14.4 Å². The molecule has 1 aromatic carbocycles. The molecule has 0 aliphatic heterocycles. The van der Waals surface area contributed by atoms with Gasteiger partial charge in [-0.2, -0.15) is 0 Å². The number of ketones is 1. The van der Waals surface area contributed by atoms with Gasteiger partial charge in [-0.05, 0) is 60.0 Å². The molecule has 0 heterocycles. The highest BCUT2D eigenvalue weighted by molar-refractivity contribution is 9.12. The molecule has 0 aliphatic rings. The molecule has 0 spiro atoms. The number of allylic oxidation sites excluding steroid dienone is 1. The van der Waals surface area contributed by atoms with Crippen LogP contribution in [-0.2, 0) is 14.3 Å². The van der Waals surface area contributed by atoms with Crippen molar-refractivity contribution in [2.24, 2.45) is 0 Å². The number of nitrogens with one attached hydrogen (secondary N) is 1. The summed E-state index contributed by atoms with van der Waals surface area (Å²) in [5.41, 5.74) is 0.422. The fourth-order valence-corrected chi connectivity index (χ4v) is 2.58. The van der Waals surface area contributed by atoms with E-state index >= 15 is 0 Å². The van der Waals surface area contributed by atoms with E-state index in [1.165, 1.54) is 0 Å². The zero-order chi connectivity index (χ0) is 20.2. The van der Waals surface area contributed by atoms with Gasteiger partial charge in [-0.15, -0.1) is 0 Å². The molecular formula is C20H26BrNO5. The molecule has 1 aromatic rings. The van der Waals surface area contributed by atoms with Crippen LogP contribution in [-0.4, -0.2) is 36.9 Å². The molecule has 1 unspecified atom stereocenters. The Hall–Kier alpha value is -2.15. The minimum Gasteiger partial charge on any atom is -0.494 e. The zero-order valence-electron chi connectivity index (χ0n) is 15.9. The highest BCUT2D eigenvalue weighted by atomic mass is 79.9. The van der Waals surface area contributed by atoms with Crippen molar-refractivity contribution in [2.75, 3.05) is 13.2 Å². The van der Waals surface area contributed by atoms with E-state index in [4.69, 9.17) is 9.47 Å². The molecular weight excluding hydrogens is 414 g/mol. The summed E-state index contributed by atoms with van der Waals surface area (Å²) in [6.45, 7) is 6.41. The molecule has 6 nitrogen and oxygen atoms in total. The molecule has 1 N–H and O–H groups in total. The van der Waals surface area contributed by atoms with E-state index in [1.54, 1.807) is 38.1 Å². The topological polar surface area (TPSA) is 81.7 Å². The number of amides is 1. The lowest BCUT2D eigenvalue weighted by molar-refractivity contribution is -0.147. The third kappa shape index (κ3) is 7.95. The molecule has 0 saturated heterocycles. The van der Waals surface area contributed by atoms with E-state index in [1.807, 2.05) is 0 Å². The van der Waals surface area contributed by atoms with Gasteiger partial charge in [0.1, 0.15) is 11.8 Å². The fourth-order valence-electron chi connectivity index (χ4n) is 2.14. The van der Waals surface area contributed by atoms with Crippen LogP contribution in [0.1, 0.15) is 50.4 Å². The quantitative estimate of drug-likeness (QED) is 0.245. The van der Waals surface area contributed by atoms with Gasteiger partial charge >= 0.3 is 5.97 Å². The molecule has 27 heavy (non-hydrogen) atoms. The van der Waals surface area contributed by atoms with Crippen LogP contribution < -0.4 is 10.1 Å². The number of carbonyl (C=O) groups excluding carboxylic acids is 3. The number of esters is 1. The normalized spacial score (nSPS) is 12.2. The average Bonchev–Trinajstić information content (AvgIpc) is 2.66. The molecule has 0 saturated carbocycles. The van der Waals surface area contributed by atoms with Crippen LogP contribution in [0.4, 0.5) is 0 Å². The maximum atomic E-state index is 12.4. The highest BCUT2D eigenvalue weighted by Crippen LogP contribution is 2.18. The first-order chi connectivity index (χ1) is 12.9. The Morgan fingerprint density at radius 3 is 2.37 bits per heavy atom. The van der Waals surface area contributed by atoms with Crippen molar-refractivity contribution in [3.05, 3.63) is 40.4 Å². The minimum absolute atomic E-state index is 0.0957. The van der Waals surface area contributed by atoms with Crippen LogP contribution in [0.5, 0.6) is 5.75 Å². The number of rotatable bonds is 11.